The number of thiophene rings is 1. The zero-order chi connectivity index (χ0) is 20.9. The Morgan fingerprint density at radius 1 is 1.13 bits per heavy atom. The summed E-state index contributed by atoms with van der Waals surface area (Å²) >= 11 is 3.94. The minimum atomic E-state index is 0.291. The number of methoxy groups -OCH3 is 1. The van der Waals surface area contributed by atoms with Crippen LogP contribution >= 0.6 is 23.1 Å². The number of ether oxygens (including phenoxy) is 2. The van der Waals surface area contributed by atoms with Crippen LogP contribution in [0.1, 0.15) is 40.3 Å². The maximum atomic E-state index is 5.79. The van der Waals surface area contributed by atoms with Crippen molar-refractivity contribution in [3.63, 3.8) is 0 Å². The van der Waals surface area contributed by atoms with E-state index in [9.17, 15) is 0 Å². The third-order valence-electron chi connectivity index (χ3n) is 5.81. The summed E-state index contributed by atoms with van der Waals surface area (Å²) < 4.78 is 13.0. The van der Waals surface area contributed by atoms with Gasteiger partial charge in [-0.05, 0) is 53.6 Å². The van der Waals surface area contributed by atoms with Gasteiger partial charge in [-0.15, -0.1) is 29.7 Å². The molecule has 2 nitrogen and oxygen atoms in total. The van der Waals surface area contributed by atoms with Crippen LogP contribution in [-0.4, -0.2) is 31.7 Å². The van der Waals surface area contributed by atoms with Crippen molar-refractivity contribution in [2.45, 2.75) is 42.8 Å². The standard InChI is InChI=1S/C26H30O2S2/c1-4-12-28-16-22-14-21(27-3)15-25(30-22)24-17-29-26-20(6-5-7-23(24)26)13-19-10-8-18(2)9-11-19/h4-11,17,21-22,25H,1,12-16H2,2-3H3. The largest absolute Gasteiger partial charge is 0.381 e. The highest BCUT2D eigenvalue weighted by atomic mass is 32.2. The van der Waals surface area contributed by atoms with Gasteiger partial charge in [0.1, 0.15) is 0 Å². The normalized spacial score (nSPS) is 21.7. The zero-order valence-electron chi connectivity index (χ0n) is 17.8. The van der Waals surface area contributed by atoms with Gasteiger partial charge in [-0.25, -0.2) is 0 Å². The molecule has 1 aromatic heterocycles. The second kappa shape index (κ2) is 10.1. The van der Waals surface area contributed by atoms with Gasteiger partial charge in [0.2, 0.25) is 0 Å². The lowest BCUT2D eigenvalue weighted by Crippen LogP contribution is -2.29. The Balaban J connectivity index is 1.57. The topological polar surface area (TPSA) is 18.5 Å². The van der Waals surface area contributed by atoms with Crippen LogP contribution in [0, 0.1) is 6.92 Å². The van der Waals surface area contributed by atoms with E-state index in [2.05, 4.69) is 73.1 Å². The van der Waals surface area contributed by atoms with E-state index in [-0.39, 0.29) is 0 Å². The molecule has 3 aromatic rings. The predicted molar refractivity (Wildman–Crippen MR) is 131 cm³/mol. The van der Waals surface area contributed by atoms with E-state index < -0.39 is 0 Å². The van der Waals surface area contributed by atoms with Gasteiger partial charge in [0.15, 0.2) is 0 Å². The average molecular weight is 439 g/mol. The number of aryl methyl sites for hydroxylation is 1. The minimum Gasteiger partial charge on any atom is -0.381 e. The lowest BCUT2D eigenvalue weighted by atomic mass is 9.98. The van der Waals surface area contributed by atoms with Crippen molar-refractivity contribution < 1.29 is 9.47 Å². The number of rotatable bonds is 8. The highest BCUT2D eigenvalue weighted by Gasteiger charge is 2.32. The summed E-state index contributed by atoms with van der Waals surface area (Å²) in [5.41, 5.74) is 5.56. The summed E-state index contributed by atoms with van der Waals surface area (Å²) in [5, 5.41) is 4.69. The SMILES string of the molecule is C=CCOCC1CC(OC)CC(c2csc3c(Cc4ccc(C)cc4)cccc23)S1. The number of hydrogen-bond acceptors (Lipinski definition) is 4. The predicted octanol–water partition coefficient (Wildman–Crippen LogP) is 6.95. The molecule has 1 aliphatic rings. The first-order valence-corrected chi connectivity index (χ1v) is 12.4. The first-order chi connectivity index (χ1) is 14.7. The molecule has 3 unspecified atom stereocenters. The second-order valence-electron chi connectivity index (χ2n) is 8.05. The number of fused-ring (bicyclic) bond motifs is 1. The van der Waals surface area contributed by atoms with Crippen LogP contribution in [0.3, 0.4) is 0 Å². The van der Waals surface area contributed by atoms with Crippen molar-refractivity contribution in [2.75, 3.05) is 20.3 Å². The molecule has 4 rings (SSSR count). The molecule has 1 fully saturated rings. The second-order valence-corrected chi connectivity index (χ2v) is 10.4. The highest BCUT2D eigenvalue weighted by Crippen LogP contribution is 2.47. The minimum absolute atomic E-state index is 0.291. The molecule has 0 bridgehead atoms. The van der Waals surface area contributed by atoms with Crippen LogP contribution in [0.2, 0.25) is 0 Å². The molecule has 4 heteroatoms. The molecule has 0 aliphatic carbocycles. The third kappa shape index (κ3) is 5.00. The number of hydrogen-bond donors (Lipinski definition) is 0. The lowest BCUT2D eigenvalue weighted by molar-refractivity contribution is 0.0710. The Labute approximate surface area is 188 Å². The fourth-order valence-electron chi connectivity index (χ4n) is 4.21. The molecule has 1 aliphatic heterocycles. The Hall–Kier alpha value is -1.59. The van der Waals surface area contributed by atoms with Gasteiger partial charge in [0.25, 0.3) is 0 Å². The summed E-state index contributed by atoms with van der Waals surface area (Å²) in [6.45, 7) is 7.26. The van der Waals surface area contributed by atoms with Gasteiger partial charge in [0.05, 0.1) is 19.3 Å². The first kappa shape index (κ1) is 21.6. The van der Waals surface area contributed by atoms with Crippen molar-refractivity contribution in [1.82, 2.24) is 0 Å². The molecule has 30 heavy (non-hydrogen) atoms. The lowest BCUT2D eigenvalue weighted by Gasteiger charge is -2.33. The van der Waals surface area contributed by atoms with Crippen LogP contribution in [0.25, 0.3) is 10.1 Å². The molecular formula is C26H30O2S2. The molecule has 0 radical (unpaired) electrons. The van der Waals surface area contributed by atoms with Crippen molar-refractivity contribution in [2.24, 2.45) is 0 Å². The van der Waals surface area contributed by atoms with Gasteiger partial charge >= 0.3 is 0 Å². The van der Waals surface area contributed by atoms with Crippen LogP contribution in [0.5, 0.6) is 0 Å². The van der Waals surface area contributed by atoms with Gasteiger partial charge < -0.3 is 9.47 Å². The van der Waals surface area contributed by atoms with Crippen LogP contribution < -0.4 is 0 Å². The first-order valence-electron chi connectivity index (χ1n) is 10.6. The molecule has 158 valence electrons. The molecule has 3 atom stereocenters. The van der Waals surface area contributed by atoms with E-state index in [0.717, 1.165) is 25.9 Å². The summed E-state index contributed by atoms with van der Waals surface area (Å²) in [6.07, 6.45) is 5.21. The van der Waals surface area contributed by atoms with E-state index >= 15 is 0 Å². The summed E-state index contributed by atoms with van der Waals surface area (Å²) in [6, 6.07) is 15.7. The molecule has 0 amide bonds. The maximum absolute atomic E-state index is 5.79. The van der Waals surface area contributed by atoms with Gasteiger partial charge in [0, 0.05) is 22.3 Å². The van der Waals surface area contributed by atoms with E-state index in [1.165, 1.54) is 32.3 Å². The van der Waals surface area contributed by atoms with Crippen molar-refractivity contribution >= 4 is 33.2 Å². The molecule has 0 saturated carbocycles. The van der Waals surface area contributed by atoms with Gasteiger partial charge in [-0.1, -0.05) is 54.1 Å². The van der Waals surface area contributed by atoms with Crippen LogP contribution in [-0.2, 0) is 15.9 Å². The Bertz CT molecular complexity index is 976. The third-order valence-corrected chi connectivity index (χ3v) is 8.38. The summed E-state index contributed by atoms with van der Waals surface area (Å²) in [5.74, 6) is 0. The fourth-order valence-corrected chi connectivity index (χ4v) is 7.07. The van der Waals surface area contributed by atoms with Crippen molar-refractivity contribution in [3.05, 3.63) is 82.8 Å². The van der Waals surface area contributed by atoms with E-state index in [0.29, 0.717) is 23.2 Å². The highest BCUT2D eigenvalue weighted by molar-refractivity contribution is 8.00. The van der Waals surface area contributed by atoms with Gasteiger partial charge in [-0.2, -0.15) is 0 Å². The Kier molecular flexibility index (Phi) is 7.32. The van der Waals surface area contributed by atoms with Crippen LogP contribution in [0.15, 0.2) is 60.5 Å². The van der Waals surface area contributed by atoms with E-state index in [1.807, 2.05) is 24.5 Å². The Morgan fingerprint density at radius 2 is 1.97 bits per heavy atom. The van der Waals surface area contributed by atoms with E-state index in [4.69, 9.17) is 9.47 Å². The van der Waals surface area contributed by atoms with Crippen molar-refractivity contribution in [1.29, 1.82) is 0 Å². The van der Waals surface area contributed by atoms with E-state index in [1.54, 1.807) is 0 Å². The fraction of sp³-hybridized carbons (Fsp3) is 0.385. The number of thioether (sulfide) groups is 1. The zero-order valence-corrected chi connectivity index (χ0v) is 19.4. The number of benzene rings is 2. The summed E-state index contributed by atoms with van der Waals surface area (Å²) in [7, 11) is 1.84. The quantitative estimate of drug-likeness (QED) is 0.280. The average Bonchev–Trinajstić information content (AvgIpc) is 3.20. The molecule has 0 N–H and O–H groups in total. The smallest absolute Gasteiger partial charge is 0.0645 e. The molecule has 2 heterocycles. The van der Waals surface area contributed by atoms with Crippen molar-refractivity contribution in [3.8, 4) is 0 Å². The molecule has 1 saturated heterocycles. The van der Waals surface area contributed by atoms with Gasteiger partial charge in [-0.3, -0.25) is 0 Å². The maximum Gasteiger partial charge on any atom is 0.0645 e. The molecule has 2 aromatic carbocycles. The molecule has 0 spiro atoms. The monoisotopic (exact) mass is 438 g/mol. The molecular weight excluding hydrogens is 408 g/mol. The van der Waals surface area contributed by atoms with Crippen LogP contribution in [0.4, 0.5) is 0 Å². The Morgan fingerprint density at radius 3 is 2.73 bits per heavy atom. The summed E-state index contributed by atoms with van der Waals surface area (Å²) in [4.78, 5) is 0.